The Morgan fingerprint density at radius 3 is 2.29 bits per heavy atom. The zero-order valence-electron chi connectivity index (χ0n) is 15.5. The number of rotatable bonds is 9. The molecule has 24 heavy (non-hydrogen) atoms. The number of allylic oxidation sites excluding steroid dienone is 1. The van der Waals surface area contributed by atoms with Gasteiger partial charge >= 0.3 is 12.1 Å². The Bertz CT molecular complexity index is 441. The van der Waals surface area contributed by atoms with E-state index in [2.05, 4.69) is 10.1 Å². The summed E-state index contributed by atoms with van der Waals surface area (Å²) in [5.41, 5.74) is -1.44. The molecule has 1 amide bonds. The molecule has 0 bridgehead atoms. The van der Waals surface area contributed by atoms with Crippen LogP contribution in [0.2, 0.25) is 0 Å². The van der Waals surface area contributed by atoms with Crippen molar-refractivity contribution in [1.29, 1.82) is 0 Å². The summed E-state index contributed by atoms with van der Waals surface area (Å²) in [6.45, 7) is 10.9. The summed E-state index contributed by atoms with van der Waals surface area (Å²) in [4.78, 5) is 22.7. The Morgan fingerprint density at radius 1 is 1.12 bits per heavy atom. The molecule has 0 fully saturated rings. The number of ether oxygens (including phenoxy) is 3. The molecule has 140 valence electrons. The molecule has 0 aromatic rings. The molecule has 6 nitrogen and oxygen atoms in total. The standard InChI is InChI=1S/C17H30FNO5/c1-7-22-14(20)13(18)11-9-8-10-12-23-17(5,6)19-15(21)24-16(2,3)4/h11H,7-10,12H2,1-6H3,(H,19,21)/b13-11-. The van der Waals surface area contributed by atoms with Crippen LogP contribution in [-0.2, 0) is 19.0 Å². The van der Waals surface area contributed by atoms with Gasteiger partial charge in [-0.1, -0.05) is 0 Å². The fourth-order valence-electron chi connectivity index (χ4n) is 1.67. The molecular formula is C17H30FNO5. The van der Waals surface area contributed by atoms with Crippen LogP contribution in [0, 0.1) is 0 Å². The predicted molar refractivity (Wildman–Crippen MR) is 89.1 cm³/mol. The molecule has 7 heteroatoms. The molecule has 0 aromatic carbocycles. The third-order valence-corrected chi connectivity index (χ3v) is 2.66. The average Bonchev–Trinajstić information content (AvgIpc) is 2.39. The summed E-state index contributed by atoms with van der Waals surface area (Å²) in [5.74, 6) is -1.80. The molecule has 0 atom stereocenters. The summed E-state index contributed by atoms with van der Waals surface area (Å²) < 4.78 is 28.5. The van der Waals surface area contributed by atoms with Crippen LogP contribution in [0.4, 0.5) is 9.18 Å². The first-order valence-corrected chi connectivity index (χ1v) is 8.15. The lowest BCUT2D eigenvalue weighted by molar-refractivity contribution is -0.140. The smallest absolute Gasteiger partial charge is 0.409 e. The van der Waals surface area contributed by atoms with Crippen LogP contribution in [0.5, 0.6) is 0 Å². The molecule has 0 aliphatic heterocycles. The van der Waals surface area contributed by atoms with Crippen LogP contribution in [0.3, 0.4) is 0 Å². The van der Waals surface area contributed by atoms with E-state index in [-0.39, 0.29) is 6.61 Å². The van der Waals surface area contributed by atoms with Gasteiger partial charge in [0.2, 0.25) is 5.83 Å². The number of esters is 1. The van der Waals surface area contributed by atoms with Crippen molar-refractivity contribution in [3.05, 3.63) is 11.9 Å². The van der Waals surface area contributed by atoms with Crippen LogP contribution in [0.1, 0.15) is 60.8 Å². The van der Waals surface area contributed by atoms with Crippen molar-refractivity contribution < 1.29 is 28.2 Å². The fraction of sp³-hybridized carbons (Fsp3) is 0.765. The van der Waals surface area contributed by atoms with Crippen molar-refractivity contribution >= 4 is 12.1 Å². The van der Waals surface area contributed by atoms with Crippen molar-refractivity contribution in [1.82, 2.24) is 5.32 Å². The number of unbranched alkanes of at least 4 members (excludes halogenated alkanes) is 2. The number of carbonyl (C=O) groups excluding carboxylic acids is 2. The molecule has 0 rings (SSSR count). The maximum atomic E-state index is 13.3. The van der Waals surface area contributed by atoms with Gasteiger partial charge in [-0.05, 0) is 66.9 Å². The highest BCUT2D eigenvalue weighted by Crippen LogP contribution is 2.12. The molecule has 1 N–H and O–H groups in total. The van der Waals surface area contributed by atoms with Gasteiger partial charge in [0.05, 0.1) is 6.61 Å². The molecule has 0 radical (unpaired) electrons. The van der Waals surface area contributed by atoms with Crippen LogP contribution in [-0.4, -0.2) is 36.6 Å². The van der Waals surface area contributed by atoms with Gasteiger partial charge in [-0.25, -0.2) is 9.59 Å². The summed E-state index contributed by atoms with van der Waals surface area (Å²) in [6.07, 6.45) is 2.38. The molecule has 0 saturated heterocycles. The SMILES string of the molecule is CCOC(=O)/C(F)=C/CCCCOC(C)(C)NC(=O)OC(C)(C)C. The van der Waals surface area contributed by atoms with Crippen LogP contribution >= 0.6 is 0 Å². The molecule has 0 aliphatic rings. The predicted octanol–water partition coefficient (Wildman–Crippen LogP) is 3.85. The summed E-state index contributed by atoms with van der Waals surface area (Å²) in [7, 11) is 0. The minimum absolute atomic E-state index is 0.146. The van der Waals surface area contributed by atoms with E-state index in [9.17, 15) is 14.0 Å². The number of amides is 1. The van der Waals surface area contributed by atoms with E-state index in [1.807, 2.05) is 0 Å². The second kappa shape index (κ2) is 10.3. The molecule has 0 aromatic heterocycles. The molecule has 0 heterocycles. The van der Waals surface area contributed by atoms with E-state index < -0.39 is 29.2 Å². The number of carbonyl (C=O) groups is 2. The Morgan fingerprint density at radius 2 is 1.75 bits per heavy atom. The number of halogens is 1. The van der Waals surface area contributed by atoms with Gasteiger partial charge in [0.1, 0.15) is 11.3 Å². The summed E-state index contributed by atoms with van der Waals surface area (Å²) in [6, 6.07) is 0. The van der Waals surface area contributed by atoms with Crippen molar-refractivity contribution in [3.8, 4) is 0 Å². The topological polar surface area (TPSA) is 73.9 Å². The zero-order valence-corrected chi connectivity index (χ0v) is 15.5. The van der Waals surface area contributed by atoms with Gasteiger partial charge in [0.15, 0.2) is 0 Å². The number of hydrogen-bond acceptors (Lipinski definition) is 5. The maximum absolute atomic E-state index is 13.3. The fourth-order valence-corrected chi connectivity index (χ4v) is 1.67. The van der Waals surface area contributed by atoms with Crippen LogP contribution < -0.4 is 5.32 Å². The zero-order chi connectivity index (χ0) is 18.8. The first-order valence-electron chi connectivity index (χ1n) is 8.15. The lowest BCUT2D eigenvalue weighted by atomic mass is 10.2. The van der Waals surface area contributed by atoms with Gasteiger partial charge in [-0.15, -0.1) is 0 Å². The average molecular weight is 347 g/mol. The summed E-state index contributed by atoms with van der Waals surface area (Å²) in [5, 5.41) is 2.63. The van der Waals surface area contributed by atoms with Crippen molar-refractivity contribution in [2.45, 2.75) is 72.1 Å². The Balaban J connectivity index is 3.99. The van der Waals surface area contributed by atoms with E-state index in [0.29, 0.717) is 25.9 Å². The largest absolute Gasteiger partial charge is 0.461 e. The maximum Gasteiger partial charge on any atom is 0.409 e. The third kappa shape index (κ3) is 11.9. The Hall–Kier alpha value is -1.63. The third-order valence-electron chi connectivity index (χ3n) is 2.66. The molecular weight excluding hydrogens is 317 g/mol. The van der Waals surface area contributed by atoms with Gasteiger partial charge in [0, 0.05) is 6.61 Å². The first kappa shape index (κ1) is 22.4. The van der Waals surface area contributed by atoms with Gasteiger partial charge in [-0.2, -0.15) is 4.39 Å². The van der Waals surface area contributed by atoms with Gasteiger partial charge < -0.3 is 14.2 Å². The monoisotopic (exact) mass is 347 g/mol. The normalized spacial score (nSPS) is 12.7. The van der Waals surface area contributed by atoms with E-state index in [1.54, 1.807) is 41.5 Å². The molecule has 0 spiro atoms. The van der Waals surface area contributed by atoms with Crippen molar-refractivity contribution in [2.24, 2.45) is 0 Å². The van der Waals surface area contributed by atoms with Gasteiger partial charge in [-0.3, -0.25) is 5.32 Å². The number of nitrogens with one attached hydrogen (secondary N) is 1. The second-order valence-electron chi connectivity index (χ2n) is 6.75. The number of alkyl carbamates (subject to hydrolysis) is 1. The molecule has 0 saturated carbocycles. The minimum Gasteiger partial charge on any atom is -0.461 e. The highest BCUT2D eigenvalue weighted by molar-refractivity contribution is 5.85. The Labute approximate surface area is 143 Å². The Kier molecular flexibility index (Phi) is 9.58. The molecule has 0 aliphatic carbocycles. The van der Waals surface area contributed by atoms with Crippen LogP contribution in [0.15, 0.2) is 11.9 Å². The van der Waals surface area contributed by atoms with Crippen molar-refractivity contribution in [3.63, 3.8) is 0 Å². The van der Waals surface area contributed by atoms with E-state index in [4.69, 9.17) is 9.47 Å². The first-order chi connectivity index (χ1) is 11.0. The van der Waals surface area contributed by atoms with E-state index in [1.165, 1.54) is 6.08 Å². The second-order valence-corrected chi connectivity index (χ2v) is 6.75. The quantitative estimate of drug-likeness (QED) is 0.297. The van der Waals surface area contributed by atoms with Gasteiger partial charge in [0.25, 0.3) is 0 Å². The number of hydrogen-bond donors (Lipinski definition) is 1. The van der Waals surface area contributed by atoms with E-state index in [0.717, 1.165) is 0 Å². The summed E-state index contributed by atoms with van der Waals surface area (Å²) >= 11 is 0. The highest BCUT2D eigenvalue weighted by atomic mass is 19.1. The van der Waals surface area contributed by atoms with Crippen molar-refractivity contribution in [2.75, 3.05) is 13.2 Å². The van der Waals surface area contributed by atoms with Crippen LogP contribution in [0.25, 0.3) is 0 Å². The highest BCUT2D eigenvalue weighted by Gasteiger charge is 2.24. The van der Waals surface area contributed by atoms with E-state index >= 15 is 0 Å². The lowest BCUT2D eigenvalue weighted by Gasteiger charge is -2.28. The molecule has 0 unspecified atom stereocenters. The minimum atomic E-state index is -0.934. The lowest BCUT2D eigenvalue weighted by Crippen LogP contribution is -2.47.